The summed E-state index contributed by atoms with van der Waals surface area (Å²) < 4.78 is 26.7. The molecule has 4 nitrogen and oxygen atoms in total. The van der Waals surface area contributed by atoms with Gasteiger partial charge >= 0.3 is 0 Å². The fourth-order valence-electron chi connectivity index (χ4n) is 2.49. The predicted octanol–water partition coefficient (Wildman–Crippen LogP) is 2.03. The number of sulfonamides is 1. The van der Waals surface area contributed by atoms with Crippen LogP contribution in [0.15, 0.2) is 0 Å². The monoisotopic (exact) mass is 298 g/mol. The summed E-state index contributed by atoms with van der Waals surface area (Å²) in [4.78, 5) is 0. The van der Waals surface area contributed by atoms with E-state index >= 15 is 0 Å². The maximum absolute atomic E-state index is 11.9. The van der Waals surface area contributed by atoms with Gasteiger partial charge in [-0.3, -0.25) is 0 Å². The minimum absolute atomic E-state index is 0. The Labute approximate surface area is 118 Å². The molecule has 0 amide bonds. The quantitative estimate of drug-likeness (QED) is 0.788. The highest BCUT2D eigenvalue weighted by Gasteiger charge is 2.24. The van der Waals surface area contributed by atoms with Crippen molar-refractivity contribution in [1.82, 2.24) is 4.72 Å². The van der Waals surface area contributed by atoms with Gasteiger partial charge in [-0.25, -0.2) is 13.1 Å². The maximum Gasteiger partial charge on any atom is 0.212 e. The van der Waals surface area contributed by atoms with E-state index in [9.17, 15) is 8.42 Å². The second-order valence-corrected chi connectivity index (χ2v) is 7.20. The zero-order valence-corrected chi connectivity index (χ0v) is 13.0. The van der Waals surface area contributed by atoms with E-state index in [1.54, 1.807) is 0 Å². The molecule has 0 spiro atoms. The van der Waals surface area contributed by atoms with Crippen LogP contribution in [0.2, 0.25) is 0 Å². The number of rotatable bonds is 6. The van der Waals surface area contributed by atoms with E-state index < -0.39 is 10.0 Å². The second kappa shape index (κ2) is 8.35. The molecular weight excluding hydrogens is 272 g/mol. The lowest BCUT2D eigenvalue weighted by molar-refractivity contribution is 0.372. The minimum Gasteiger partial charge on any atom is -0.328 e. The molecule has 1 rings (SSSR count). The van der Waals surface area contributed by atoms with Crippen molar-refractivity contribution in [2.45, 2.75) is 64.5 Å². The van der Waals surface area contributed by atoms with E-state index in [0.717, 1.165) is 38.5 Å². The fourth-order valence-corrected chi connectivity index (χ4v) is 4.25. The SMILES string of the molecule is CCCC(C)CS(=O)(=O)NC1CCC(N)CC1.Cl. The first-order valence-electron chi connectivity index (χ1n) is 6.68. The normalized spacial score (nSPS) is 26.4. The van der Waals surface area contributed by atoms with Gasteiger partial charge in [-0.05, 0) is 38.0 Å². The van der Waals surface area contributed by atoms with Crippen molar-refractivity contribution in [2.75, 3.05) is 5.75 Å². The van der Waals surface area contributed by atoms with Gasteiger partial charge in [0.1, 0.15) is 0 Å². The third-order valence-corrected chi connectivity index (χ3v) is 5.10. The highest BCUT2D eigenvalue weighted by molar-refractivity contribution is 7.89. The van der Waals surface area contributed by atoms with Crippen LogP contribution in [0.25, 0.3) is 0 Å². The summed E-state index contributed by atoms with van der Waals surface area (Å²) in [5.74, 6) is 0.493. The third-order valence-electron chi connectivity index (χ3n) is 3.40. The molecule has 0 aromatic rings. The number of hydrogen-bond donors (Lipinski definition) is 2. The van der Waals surface area contributed by atoms with Gasteiger partial charge in [0.25, 0.3) is 0 Å². The lowest BCUT2D eigenvalue weighted by atomic mass is 9.93. The Morgan fingerprint density at radius 1 is 1.28 bits per heavy atom. The summed E-state index contributed by atoms with van der Waals surface area (Å²) in [6.07, 6.45) is 5.62. The zero-order chi connectivity index (χ0) is 12.9. The van der Waals surface area contributed by atoms with Crippen LogP contribution in [-0.2, 0) is 10.0 Å². The first kappa shape index (κ1) is 18.2. The molecule has 0 bridgehead atoms. The number of nitrogens with two attached hydrogens (primary N) is 1. The second-order valence-electron chi connectivity index (χ2n) is 5.40. The maximum atomic E-state index is 11.9. The van der Waals surface area contributed by atoms with Crippen LogP contribution in [-0.4, -0.2) is 26.3 Å². The lowest BCUT2D eigenvalue weighted by Crippen LogP contribution is -2.42. The highest BCUT2D eigenvalue weighted by Crippen LogP contribution is 2.18. The van der Waals surface area contributed by atoms with E-state index in [4.69, 9.17) is 5.73 Å². The predicted molar refractivity (Wildman–Crippen MR) is 78.5 cm³/mol. The molecule has 0 radical (unpaired) electrons. The van der Waals surface area contributed by atoms with Gasteiger partial charge in [0.2, 0.25) is 10.0 Å². The van der Waals surface area contributed by atoms with E-state index in [2.05, 4.69) is 11.6 Å². The molecule has 1 unspecified atom stereocenters. The summed E-state index contributed by atoms with van der Waals surface area (Å²) in [5, 5.41) is 0. The molecule has 1 aliphatic rings. The summed E-state index contributed by atoms with van der Waals surface area (Å²) in [7, 11) is -3.11. The molecule has 0 aliphatic heterocycles. The topological polar surface area (TPSA) is 72.2 Å². The average molecular weight is 299 g/mol. The van der Waals surface area contributed by atoms with Crippen LogP contribution >= 0.6 is 12.4 Å². The molecule has 1 atom stereocenters. The Balaban J connectivity index is 0.00000289. The van der Waals surface area contributed by atoms with Crippen LogP contribution in [0.3, 0.4) is 0 Å². The van der Waals surface area contributed by atoms with Crippen molar-refractivity contribution in [2.24, 2.45) is 11.7 Å². The van der Waals surface area contributed by atoms with E-state index in [0.29, 0.717) is 0 Å². The lowest BCUT2D eigenvalue weighted by Gasteiger charge is -2.27. The molecule has 1 fully saturated rings. The summed E-state index contributed by atoms with van der Waals surface area (Å²) >= 11 is 0. The summed E-state index contributed by atoms with van der Waals surface area (Å²) in [5.41, 5.74) is 5.80. The van der Waals surface area contributed by atoms with Crippen molar-refractivity contribution in [3.63, 3.8) is 0 Å². The average Bonchev–Trinajstić information content (AvgIpc) is 2.20. The van der Waals surface area contributed by atoms with Gasteiger partial charge in [-0.15, -0.1) is 12.4 Å². The van der Waals surface area contributed by atoms with Crippen molar-refractivity contribution in [3.05, 3.63) is 0 Å². The van der Waals surface area contributed by atoms with Gasteiger partial charge in [-0.2, -0.15) is 0 Å². The molecule has 0 aromatic heterocycles. The van der Waals surface area contributed by atoms with Gasteiger partial charge in [0.15, 0.2) is 0 Å². The van der Waals surface area contributed by atoms with Crippen LogP contribution in [0, 0.1) is 5.92 Å². The number of hydrogen-bond acceptors (Lipinski definition) is 3. The van der Waals surface area contributed by atoms with E-state index in [1.165, 1.54) is 0 Å². The highest BCUT2D eigenvalue weighted by atomic mass is 35.5. The largest absolute Gasteiger partial charge is 0.328 e. The van der Waals surface area contributed by atoms with Crippen molar-refractivity contribution in [1.29, 1.82) is 0 Å². The van der Waals surface area contributed by atoms with Gasteiger partial charge < -0.3 is 5.73 Å². The Hall–Kier alpha value is 0.160. The summed E-state index contributed by atoms with van der Waals surface area (Å²) in [6, 6.07) is 0.364. The molecule has 3 N–H and O–H groups in total. The Morgan fingerprint density at radius 2 is 1.83 bits per heavy atom. The van der Waals surface area contributed by atoms with E-state index in [-0.39, 0.29) is 36.2 Å². The van der Waals surface area contributed by atoms with Gasteiger partial charge in [0.05, 0.1) is 5.75 Å². The molecule has 0 aromatic carbocycles. The van der Waals surface area contributed by atoms with Crippen LogP contribution in [0.1, 0.15) is 52.4 Å². The Morgan fingerprint density at radius 3 is 2.33 bits per heavy atom. The zero-order valence-electron chi connectivity index (χ0n) is 11.4. The molecule has 1 saturated carbocycles. The molecule has 6 heteroatoms. The molecule has 0 saturated heterocycles. The molecular formula is C12H27ClN2O2S. The molecule has 0 heterocycles. The fraction of sp³-hybridized carbons (Fsp3) is 1.00. The number of nitrogens with one attached hydrogen (secondary N) is 1. The van der Waals surface area contributed by atoms with Crippen molar-refractivity contribution in [3.8, 4) is 0 Å². The minimum atomic E-state index is -3.11. The molecule has 18 heavy (non-hydrogen) atoms. The van der Waals surface area contributed by atoms with Crippen LogP contribution in [0.4, 0.5) is 0 Å². The summed E-state index contributed by atoms with van der Waals surface area (Å²) in [6.45, 7) is 4.08. The van der Waals surface area contributed by atoms with Crippen LogP contribution < -0.4 is 10.5 Å². The smallest absolute Gasteiger partial charge is 0.212 e. The van der Waals surface area contributed by atoms with E-state index in [1.807, 2.05) is 6.92 Å². The Bertz CT molecular complexity index is 314. The standard InChI is InChI=1S/C12H26N2O2S.ClH/c1-3-4-10(2)9-17(15,16)14-12-7-5-11(13)6-8-12;/h10-12,14H,3-9,13H2,1-2H3;1H. The van der Waals surface area contributed by atoms with Crippen molar-refractivity contribution < 1.29 is 8.42 Å². The molecule has 1 aliphatic carbocycles. The van der Waals surface area contributed by atoms with Gasteiger partial charge in [0, 0.05) is 12.1 Å². The van der Waals surface area contributed by atoms with Crippen LogP contribution in [0.5, 0.6) is 0 Å². The Kier molecular flexibility index (Phi) is 8.43. The number of halogens is 1. The third kappa shape index (κ3) is 6.92. The molecule has 110 valence electrons. The first-order chi connectivity index (χ1) is 7.93. The van der Waals surface area contributed by atoms with Gasteiger partial charge in [-0.1, -0.05) is 20.3 Å². The first-order valence-corrected chi connectivity index (χ1v) is 8.33. The van der Waals surface area contributed by atoms with Crippen molar-refractivity contribution >= 4 is 22.4 Å².